The first kappa shape index (κ1) is 13.7. The van der Waals surface area contributed by atoms with Gasteiger partial charge >= 0.3 is 0 Å². The van der Waals surface area contributed by atoms with E-state index < -0.39 is 0 Å². The zero-order valence-corrected chi connectivity index (χ0v) is 10.9. The molecule has 1 aromatic heterocycles. The summed E-state index contributed by atoms with van der Waals surface area (Å²) in [6.07, 6.45) is 1.43. The number of hydrogen-bond donors (Lipinski definition) is 3. The Morgan fingerprint density at radius 3 is 2.65 bits per heavy atom. The summed E-state index contributed by atoms with van der Waals surface area (Å²) in [5, 5.41) is 3.13. The van der Waals surface area contributed by atoms with Gasteiger partial charge in [0.25, 0.3) is 5.91 Å². The number of carbonyl (C=O) groups is 1. The van der Waals surface area contributed by atoms with Crippen LogP contribution in [0.5, 0.6) is 0 Å². The number of hydrogen-bond acceptors (Lipinski definition) is 4. The molecule has 0 aromatic carbocycles. The molecule has 1 heterocycles. The van der Waals surface area contributed by atoms with Crippen molar-refractivity contribution in [2.75, 3.05) is 12.0 Å². The van der Waals surface area contributed by atoms with E-state index in [0.29, 0.717) is 22.9 Å². The van der Waals surface area contributed by atoms with Gasteiger partial charge in [-0.3, -0.25) is 4.79 Å². The maximum Gasteiger partial charge on any atom is 0.252 e. The van der Waals surface area contributed by atoms with Gasteiger partial charge in [-0.1, -0.05) is 32.4 Å². The Morgan fingerprint density at radius 2 is 2.18 bits per heavy atom. The van der Waals surface area contributed by atoms with Crippen LogP contribution >= 0.6 is 11.6 Å². The van der Waals surface area contributed by atoms with Gasteiger partial charge in [-0.25, -0.2) is 10.8 Å². The molecule has 0 atom stereocenters. The van der Waals surface area contributed by atoms with Gasteiger partial charge < -0.3 is 10.7 Å². The van der Waals surface area contributed by atoms with E-state index in [1.807, 2.05) is 20.8 Å². The molecule has 0 aliphatic heterocycles. The van der Waals surface area contributed by atoms with Gasteiger partial charge in [0.1, 0.15) is 0 Å². The number of nitrogen functional groups attached to an aromatic ring is 1. The van der Waals surface area contributed by atoms with Crippen molar-refractivity contribution >= 4 is 23.3 Å². The minimum absolute atomic E-state index is 0.0334. The summed E-state index contributed by atoms with van der Waals surface area (Å²) in [5.74, 6) is 5.35. The minimum atomic E-state index is -0.196. The molecular weight excluding hydrogens is 240 g/mol. The number of aromatic nitrogens is 1. The van der Waals surface area contributed by atoms with Crippen LogP contribution in [-0.2, 0) is 0 Å². The minimum Gasteiger partial charge on any atom is -0.351 e. The monoisotopic (exact) mass is 256 g/mol. The van der Waals surface area contributed by atoms with Crippen LogP contribution in [0.4, 0.5) is 5.82 Å². The van der Waals surface area contributed by atoms with Gasteiger partial charge in [0, 0.05) is 12.7 Å². The van der Waals surface area contributed by atoms with Crippen molar-refractivity contribution in [1.29, 1.82) is 0 Å². The third-order valence-electron chi connectivity index (χ3n) is 2.02. The van der Waals surface area contributed by atoms with Gasteiger partial charge in [0.2, 0.25) is 0 Å². The molecule has 0 spiro atoms. The number of rotatable bonds is 3. The molecule has 0 aliphatic carbocycles. The van der Waals surface area contributed by atoms with Gasteiger partial charge in [0.05, 0.1) is 10.6 Å². The van der Waals surface area contributed by atoms with E-state index >= 15 is 0 Å². The number of amides is 1. The Bertz CT molecular complexity index is 414. The molecule has 4 N–H and O–H groups in total. The molecule has 0 saturated heterocycles. The van der Waals surface area contributed by atoms with Crippen LogP contribution < -0.4 is 16.6 Å². The number of hydrazine groups is 1. The number of halogens is 1. The molecule has 6 heteroatoms. The van der Waals surface area contributed by atoms with Crippen molar-refractivity contribution in [3.05, 3.63) is 22.8 Å². The predicted octanol–water partition coefficient (Wildman–Crippen LogP) is 1.80. The topological polar surface area (TPSA) is 80.0 Å². The van der Waals surface area contributed by atoms with Gasteiger partial charge in [0.15, 0.2) is 5.82 Å². The number of anilines is 1. The fourth-order valence-electron chi connectivity index (χ4n) is 1.12. The third kappa shape index (κ3) is 4.20. The third-order valence-corrected chi connectivity index (χ3v) is 2.31. The fraction of sp³-hybridized carbons (Fsp3) is 0.455. The molecule has 0 unspecified atom stereocenters. The fourth-order valence-corrected chi connectivity index (χ4v) is 1.34. The summed E-state index contributed by atoms with van der Waals surface area (Å²) < 4.78 is 0. The second-order valence-corrected chi connectivity index (χ2v) is 5.35. The standard InChI is InChI=1S/C11H17ClN4O/c1-11(2,3)6-15-10(17)7-4-8(12)9(16-13)14-5-7/h4-5H,6,13H2,1-3H3,(H,14,16)(H,15,17). The molecule has 0 aliphatic rings. The van der Waals surface area contributed by atoms with Crippen LogP contribution in [0, 0.1) is 5.41 Å². The molecule has 17 heavy (non-hydrogen) atoms. The maximum absolute atomic E-state index is 11.8. The molecule has 1 aromatic rings. The van der Waals surface area contributed by atoms with Crippen molar-refractivity contribution in [1.82, 2.24) is 10.3 Å². The van der Waals surface area contributed by atoms with Gasteiger partial charge in [-0.15, -0.1) is 0 Å². The summed E-state index contributed by atoms with van der Waals surface area (Å²) in [4.78, 5) is 15.7. The summed E-state index contributed by atoms with van der Waals surface area (Å²) >= 11 is 5.88. The molecule has 0 radical (unpaired) electrons. The lowest BCUT2D eigenvalue weighted by atomic mass is 9.97. The Labute approximate surface area is 106 Å². The van der Waals surface area contributed by atoms with Crippen molar-refractivity contribution in [3.63, 3.8) is 0 Å². The lowest BCUT2D eigenvalue weighted by Gasteiger charge is -2.18. The zero-order chi connectivity index (χ0) is 13.1. The zero-order valence-electron chi connectivity index (χ0n) is 10.2. The Kier molecular flexibility index (Phi) is 4.31. The molecule has 1 amide bonds. The second kappa shape index (κ2) is 5.33. The summed E-state index contributed by atoms with van der Waals surface area (Å²) in [7, 11) is 0. The summed E-state index contributed by atoms with van der Waals surface area (Å²) in [5.41, 5.74) is 2.79. The highest BCUT2D eigenvalue weighted by atomic mass is 35.5. The highest BCUT2D eigenvalue weighted by Gasteiger charge is 2.14. The number of nitrogens with two attached hydrogens (primary N) is 1. The number of pyridine rings is 1. The van der Waals surface area contributed by atoms with Crippen LogP contribution in [0.25, 0.3) is 0 Å². The normalized spacial score (nSPS) is 11.1. The molecule has 1 rings (SSSR count). The average molecular weight is 257 g/mol. The number of carbonyl (C=O) groups excluding carboxylic acids is 1. The Balaban J connectivity index is 2.73. The molecule has 0 bridgehead atoms. The van der Waals surface area contributed by atoms with Crippen LogP contribution in [0.1, 0.15) is 31.1 Å². The van der Waals surface area contributed by atoms with Crippen molar-refractivity contribution in [2.24, 2.45) is 11.3 Å². The summed E-state index contributed by atoms with van der Waals surface area (Å²) in [6, 6.07) is 1.53. The van der Waals surface area contributed by atoms with E-state index in [4.69, 9.17) is 17.4 Å². The highest BCUT2D eigenvalue weighted by Crippen LogP contribution is 2.19. The molecule has 0 saturated carbocycles. The maximum atomic E-state index is 11.8. The molecule has 94 valence electrons. The van der Waals surface area contributed by atoms with Crippen molar-refractivity contribution in [3.8, 4) is 0 Å². The summed E-state index contributed by atoms with van der Waals surface area (Å²) in [6.45, 7) is 6.71. The van der Waals surface area contributed by atoms with E-state index in [0.717, 1.165) is 0 Å². The van der Waals surface area contributed by atoms with E-state index in [9.17, 15) is 4.79 Å². The van der Waals surface area contributed by atoms with E-state index in [2.05, 4.69) is 15.7 Å². The van der Waals surface area contributed by atoms with Crippen molar-refractivity contribution in [2.45, 2.75) is 20.8 Å². The molecule has 5 nitrogen and oxygen atoms in total. The molecular formula is C11H17ClN4O. The lowest BCUT2D eigenvalue weighted by molar-refractivity contribution is 0.0939. The SMILES string of the molecule is CC(C)(C)CNC(=O)c1cnc(NN)c(Cl)c1. The largest absolute Gasteiger partial charge is 0.351 e. The Hall–Kier alpha value is -1.33. The first-order valence-corrected chi connectivity index (χ1v) is 5.61. The van der Waals surface area contributed by atoms with E-state index in [-0.39, 0.29) is 11.3 Å². The van der Waals surface area contributed by atoms with Crippen molar-refractivity contribution < 1.29 is 4.79 Å². The van der Waals surface area contributed by atoms with Gasteiger partial charge in [-0.05, 0) is 11.5 Å². The quantitative estimate of drug-likeness (QED) is 0.569. The lowest BCUT2D eigenvalue weighted by Crippen LogP contribution is -2.32. The van der Waals surface area contributed by atoms with E-state index in [1.54, 1.807) is 0 Å². The first-order valence-electron chi connectivity index (χ1n) is 5.24. The van der Waals surface area contributed by atoms with Crippen LogP contribution in [0.2, 0.25) is 5.02 Å². The van der Waals surface area contributed by atoms with Crippen LogP contribution in [-0.4, -0.2) is 17.4 Å². The Morgan fingerprint density at radius 1 is 1.53 bits per heavy atom. The van der Waals surface area contributed by atoms with Crippen LogP contribution in [0.15, 0.2) is 12.3 Å². The van der Waals surface area contributed by atoms with Crippen LogP contribution in [0.3, 0.4) is 0 Å². The second-order valence-electron chi connectivity index (χ2n) is 4.94. The number of nitrogens with one attached hydrogen (secondary N) is 2. The number of nitrogens with zero attached hydrogens (tertiary/aromatic N) is 1. The van der Waals surface area contributed by atoms with Gasteiger partial charge in [-0.2, -0.15) is 0 Å². The average Bonchev–Trinajstić information content (AvgIpc) is 2.24. The van der Waals surface area contributed by atoms with E-state index in [1.165, 1.54) is 12.3 Å². The smallest absolute Gasteiger partial charge is 0.252 e. The first-order chi connectivity index (χ1) is 7.83. The predicted molar refractivity (Wildman–Crippen MR) is 68.8 cm³/mol. The molecule has 0 fully saturated rings. The highest BCUT2D eigenvalue weighted by molar-refractivity contribution is 6.33.